The second-order valence-corrected chi connectivity index (χ2v) is 9.11. The lowest BCUT2D eigenvalue weighted by atomic mass is 9.68. The topological polar surface area (TPSA) is 36.4 Å². The molecule has 3 fully saturated rings. The van der Waals surface area contributed by atoms with Crippen LogP contribution in [0.3, 0.4) is 0 Å². The van der Waals surface area contributed by atoms with Gasteiger partial charge in [0.05, 0.1) is 5.41 Å². The Bertz CT molecular complexity index is 740. The van der Waals surface area contributed by atoms with Crippen molar-refractivity contribution in [1.82, 2.24) is 9.88 Å². The Morgan fingerprint density at radius 2 is 1.77 bits per heavy atom. The van der Waals surface area contributed by atoms with E-state index in [4.69, 9.17) is 0 Å². The predicted molar refractivity (Wildman–Crippen MR) is 105 cm³/mol. The third kappa shape index (κ3) is 2.49. The minimum Gasteiger partial charge on any atom is -0.368 e. The number of hydrogen-bond acceptors (Lipinski definition) is 3. The lowest BCUT2D eigenvalue weighted by molar-refractivity contribution is -0.140. The van der Waals surface area contributed by atoms with Gasteiger partial charge in [-0.1, -0.05) is 26.0 Å². The molecule has 4 heteroatoms. The molecule has 1 aromatic heterocycles. The van der Waals surface area contributed by atoms with E-state index in [1.165, 1.54) is 17.7 Å². The summed E-state index contributed by atoms with van der Waals surface area (Å²) in [6.07, 6.45) is 3.19. The van der Waals surface area contributed by atoms with Gasteiger partial charge in [0.2, 0.25) is 5.91 Å². The van der Waals surface area contributed by atoms with Crippen molar-refractivity contribution >= 4 is 11.6 Å². The fourth-order valence-electron chi connectivity index (χ4n) is 5.59. The summed E-state index contributed by atoms with van der Waals surface area (Å²) >= 11 is 0. The average Bonchev–Trinajstić information content (AvgIpc) is 3.13. The number of nitrogens with zero attached hydrogens (tertiary/aromatic N) is 3. The first-order chi connectivity index (χ1) is 12.2. The summed E-state index contributed by atoms with van der Waals surface area (Å²) in [6, 6.07) is 4.29. The van der Waals surface area contributed by atoms with Gasteiger partial charge in [0.15, 0.2) is 0 Å². The Morgan fingerprint density at radius 1 is 1.15 bits per heavy atom. The molecule has 2 saturated carbocycles. The number of pyridine rings is 1. The molecular formula is C22H31N3O. The fraction of sp³-hybridized carbons (Fsp3) is 0.636. The van der Waals surface area contributed by atoms with Crippen molar-refractivity contribution in [1.29, 1.82) is 0 Å². The van der Waals surface area contributed by atoms with Crippen molar-refractivity contribution in [3.63, 3.8) is 0 Å². The molecule has 2 aliphatic carbocycles. The summed E-state index contributed by atoms with van der Waals surface area (Å²) in [5.74, 6) is 0.973. The molecule has 1 aliphatic heterocycles. The fourth-order valence-corrected chi connectivity index (χ4v) is 5.59. The molecule has 1 aromatic rings. The molecular weight excluding hydrogens is 322 g/mol. The number of rotatable bonds is 2. The van der Waals surface area contributed by atoms with E-state index < -0.39 is 0 Å². The van der Waals surface area contributed by atoms with Crippen LogP contribution < -0.4 is 4.90 Å². The van der Waals surface area contributed by atoms with Crippen LogP contribution in [-0.4, -0.2) is 42.0 Å². The molecule has 3 aliphatic rings. The third-order valence-electron chi connectivity index (χ3n) is 7.30. The van der Waals surface area contributed by atoms with E-state index in [-0.39, 0.29) is 10.8 Å². The lowest BCUT2D eigenvalue weighted by Gasteiger charge is -2.42. The van der Waals surface area contributed by atoms with Crippen molar-refractivity contribution in [2.24, 2.45) is 16.7 Å². The van der Waals surface area contributed by atoms with Crippen LogP contribution in [0.1, 0.15) is 44.5 Å². The number of amides is 1. The number of hydrogen-bond donors (Lipinski definition) is 0. The van der Waals surface area contributed by atoms with Crippen LogP contribution in [0.5, 0.6) is 0 Å². The molecule has 1 saturated heterocycles. The van der Waals surface area contributed by atoms with Gasteiger partial charge in [-0.15, -0.1) is 0 Å². The van der Waals surface area contributed by atoms with Crippen LogP contribution in [0.15, 0.2) is 24.3 Å². The molecule has 0 unspecified atom stereocenters. The second-order valence-electron chi connectivity index (χ2n) is 9.11. The zero-order chi connectivity index (χ0) is 18.7. The highest BCUT2D eigenvalue weighted by Crippen LogP contribution is 2.65. The first kappa shape index (κ1) is 17.6. The Kier molecular flexibility index (Phi) is 3.94. The van der Waals surface area contributed by atoms with E-state index >= 15 is 0 Å². The van der Waals surface area contributed by atoms with Gasteiger partial charge in [-0.25, -0.2) is 0 Å². The molecule has 2 atom stereocenters. The summed E-state index contributed by atoms with van der Waals surface area (Å²) in [4.78, 5) is 22.4. The van der Waals surface area contributed by atoms with Crippen LogP contribution in [0.2, 0.25) is 0 Å². The lowest BCUT2D eigenvalue weighted by Crippen LogP contribution is -2.53. The largest absolute Gasteiger partial charge is 0.368 e. The van der Waals surface area contributed by atoms with Crippen LogP contribution in [0, 0.1) is 30.6 Å². The van der Waals surface area contributed by atoms with E-state index in [9.17, 15) is 4.79 Å². The molecule has 2 heterocycles. The highest BCUT2D eigenvalue weighted by molar-refractivity contribution is 5.88. The minimum atomic E-state index is -0.278. The van der Waals surface area contributed by atoms with E-state index in [0.29, 0.717) is 11.8 Å². The Morgan fingerprint density at radius 3 is 2.31 bits per heavy atom. The zero-order valence-electron chi connectivity index (χ0n) is 16.6. The van der Waals surface area contributed by atoms with Gasteiger partial charge in [-0.2, -0.15) is 0 Å². The van der Waals surface area contributed by atoms with Gasteiger partial charge < -0.3 is 9.80 Å². The second kappa shape index (κ2) is 5.83. The van der Waals surface area contributed by atoms with Crippen molar-refractivity contribution in [2.75, 3.05) is 31.1 Å². The Labute approximate surface area is 157 Å². The van der Waals surface area contributed by atoms with Crippen molar-refractivity contribution in [3.05, 3.63) is 35.7 Å². The SMILES string of the molecule is C=C1C(C)(C)[C@@H]2CC[C@]1(C(=O)N1CCN(c3cc(C)nc(C)c3)CC1)C2. The summed E-state index contributed by atoms with van der Waals surface area (Å²) in [7, 11) is 0. The van der Waals surface area contributed by atoms with Gasteiger partial charge in [0.25, 0.3) is 0 Å². The van der Waals surface area contributed by atoms with E-state index in [1.807, 2.05) is 13.8 Å². The van der Waals surface area contributed by atoms with Crippen LogP contribution in [0.4, 0.5) is 5.69 Å². The quantitative estimate of drug-likeness (QED) is 0.760. The van der Waals surface area contributed by atoms with Crippen LogP contribution >= 0.6 is 0 Å². The zero-order valence-corrected chi connectivity index (χ0v) is 16.6. The van der Waals surface area contributed by atoms with Crippen molar-refractivity contribution in [2.45, 2.75) is 47.0 Å². The van der Waals surface area contributed by atoms with Crippen LogP contribution in [-0.2, 0) is 4.79 Å². The number of carbonyl (C=O) groups excluding carboxylic acids is 1. The maximum absolute atomic E-state index is 13.5. The maximum atomic E-state index is 13.5. The van der Waals surface area contributed by atoms with Crippen molar-refractivity contribution in [3.8, 4) is 0 Å². The number of anilines is 1. The molecule has 26 heavy (non-hydrogen) atoms. The summed E-state index contributed by atoms with van der Waals surface area (Å²) in [5, 5.41) is 0. The van der Waals surface area contributed by atoms with Gasteiger partial charge in [0.1, 0.15) is 0 Å². The average molecular weight is 354 g/mol. The number of carbonyl (C=O) groups is 1. The van der Waals surface area contributed by atoms with Crippen LogP contribution in [0.25, 0.3) is 0 Å². The van der Waals surface area contributed by atoms with E-state index in [2.05, 4.69) is 47.3 Å². The van der Waals surface area contributed by atoms with Gasteiger partial charge >= 0.3 is 0 Å². The molecule has 0 radical (unpaired) electrons. The molecule has 4 rings (SSSR count). The highest BCUT2D eigenvalue weighted by Gasteiger charge is 2.61. The molecule has 0 N–H and O–H groups in total. The normalized spacial score (nSPS) is 30.2. The van der Waals surface area contributed by atoms with Crippen molar-refractivity contribution < 1.29 is 4.79 Å². The maximum Gasteiger partial charge on any atom is 0.233 e. The Balaban J connectivity index is 1.47. The summed E-state index contributed by atoms with van der Waals surface area (Å²) in [5.41, 5.74) is 4.36. The molecule has 0 spiro atoms. The first-order valence-corrected chi connectivity index (χ1v) is 9.93. The third-order valence-corrected chi connectivity index (χ3v) is 7.30. The van der Waals surface area contributed by atoms with Gasteiger partial charge in [0, 0.05) is 43.3 Å². The summed E-state index contributed by atoms with van der Waals surface area (Å²) in [6.45, 7) is 16.4. The Hall–Kier alpha value is -1.84. The molecule has 4 nitrogen and oxygen atoms in total. The van der Waals surface area contributed by atoms with E-state index in [0.717, 1.165) is 50.4 Å². The number of fused-ring (bicyclic) bond motifs is 2. The molecule has 2 bridgehead atoms. The smallest absolute Gasteiger partial charge is 0.233 e. The van der Waals surface area contributed by atoms with Gasteiger partial charge in [-0.3, -0.25) is 9.78 Å². The number of piperazine rings is 1. The number of aryl methyl sites for hydroxylation is 2. The van der Waals surface area contributed by atoms with E-state index in [1.54, 1.807) is 0 Å². The standard InChI is InChI=1S/C22H31N3O/c1-15-12-19(13-16(2)23-15)24-8-10-25(11-9-24)20(26)22-7-6-18(14-22)21(4,5)17(22)3/h12-13,18H,3,6-11,14H2,1-2,4-5H3/t18-,22+/m1/s1. The monoisotopic (exact) mass is 353 g/mol. The molecule has 140 valence electrons. The highest BCUT2D eigenvalue weighted by atomic mass is 16.2. The predicted octanol–water partition coefficient (Wildman–Crippen LogP) is 3.73. The first-order valence-electron chi connectivity index (χ1n) is 9.93. The summed E-state index contributed by atoms with van der Waals surface area (Å²) < 4.78 is 0. The number of aromatic nitrogens is 1. The minimum absolute atomic E-state index is 0.113. The van der Waals surface area contributed by atoms with Gasteiger partial charge in [-0.05, 0) is 56.6 Å². The molecule has 0 aromatic carbocycles. The molecule has 1 amide bonds.